The molecule has 0 saturated heterocycles. The van der Waals surface area contributed by atoms with Crippen molar-refractivity contribution in [3.63, 3.8) is 0 Å². The highest BCUT2D eigenvalue weighted by Gasteiger charge is 2.26. The summed E-state index contributed by atoms with van der Waals surface area (Å²) >= 11 is 0. The number of ether oxygens (including phenoxy) is 2. The Morgan fingerprint density at radius 3 is 2.63 bits per heavy atom. The maximum absolute atomic E-state index is 12.3. The molecule has 27 heavy (non-hydrogen) atoms. The fraction of sp³-hybridized carbons (Fsp3) is 0.474. The van der Waals surface area contributed by atoms with E-state index in [0.717, 1.165) is 32.1 Å². The van der Waals surface area contributed by atoms with Crippen LogP contribution < -0.4 is 10.4 Å². The molecule has 0 N–H and O–H groups in total. The number of esters is 1. The van der Waals surface area contributed by atoms with Gasteiger partial charge in [0, 0.05) is 23.6 Å². The number of aryl methyl sites for hydroxylation is 1. The van der Waals surface area contributed by atoms with Gasteiger partial charge in [-0.2, -0.15) is 0 Å². The second-order valence-corrected chi connectivity index (χ2v) is 6.78. The van der Waals surface area contributed by atoms with Gasteiger partial charge >= 0.3 is 17.3 Å². The normalized spacial score (nSPS) is 16.1. The summed E-state index contributed by atoms with van der Waals surface area (Å²) in [7, 11) is 0. The van der Waals surface area contributed by atoms with Crippen LogP contribution in [0.15, 0.2) is 27.4 Å². The van der Waals surface area contributed by atoms with Crippen LogP contribution in [0.5, 0.6) is 5.75 Å². The quantitative estimate of drug-likeness (QED) is 0.339. The number of nitro benzene ring substituents is 1. The molecule has 3 rings (SSSR count). The summed E-state index contributed by atoms with van der Waals surface area (Å²) in [6.45, 7) is 3.14. The summed E-state index contributed by atoms with van der Waals surface area (Å²) in [6, 6.07) is 3.81. The first-order valence-electron chi connectivity index (χ1n) is 8.95. The van der Waals surface area contributed by atoms with Gasteiger partial charge in [0.2, 0.25) is 5.75 Å². The van der Waals surface area contributed by atoms with Gasteiger partial charge in [-0.1, -0.05) is 6.42 Å². The minimum atomic E-state index is -1.03. The van der Waals surface area contributed by atoms with E-state index >= 15 is 0 Å². The number of hydrogen-bond donors (Lipinski definition) is 0. The molecule has 1 fully saturated rings. The molecule has 1 aromatic carbocycles. The van der Waals surface area contributed by atoms with Crippen LogP contribution in [-0.4, -0.2) is 23.1 Å². The van der Waals surface area contributed by atoms with Crippen LogP contribution in [0.3, 0.4) is 0 Å². The summed E-state index contributed by atoms with van der Waals surface area (Å²) in [4.78, 5) is 34.7. The van der Waals surface area contributed by atoms with Crippen molar-refractivity contribution >= 4 is 22.6 Å². The lowest BCUT2D eigenvalue weighted by Gasteiger charge is -2.23. The second kappa shape index (κ2) is 7.77. The molecule has 0 amide bonds. The van der Waals surface area contributed by atoms with Gasteiger partial charge < -0.3 is 13.9 Å². The summed E-state index contributed by atoms with van der Waals surface area (Å²) in [5.41, 5.74) is -0.157. The largest absolute Gasteiger partial charge is 0.472 e. The van der Waals surface area contributed by atoms with Gasteiger partial charge in [-0.3, -0.25) is 10.1 Å². The molecule has 0 spiro atoms. The van der Waals surface area contributed by atoms with E-state index in [1.54, 1.807) is 6.92 Å². The van der Waals surface area contributed by atoms with Crippen molar-refractivity contribution in [3.8, 4) is 5.75 Å². The summed E-state index contributed by atoms with van der Waals surface area (Å²) < 4.78 is 16.1. The van der Waals surface area contributed by atoms with Crippen LogP contribution in [0.4, 0.5) is 5.69 Å². The molecular weight excluding hydrogens is 354 g/mol. The second-order valence-electron chi connectivity index (χ2n) is 6.78. The summed E-state index contributed by atoms with van der Waals surface area (Å²) in [6.07, 6.45) is 3.64. The molecule has 8 heteroatoms. The number of fused-ring (bicyclic) bond motifs is 1. The predicted octanol–water partition coefficient (Wildman–Crippen LogP) is 3.65. The van der Waals surface area contributed by atoms with Crippen LogP contribution in [0, 0.1) is 17.0 Å². The topological polar surface area (TPSA) is 109 Å². The van der Waals surface area contributed by atoms with Crippen LogP contribution in [0.25, 0.3) is 11.0 Å². The highest BCUT2D eigenvalue weighted by atomic mass is 16.6. The van der Waals surface area contributed by atoms with Gasteiger partial charge in [0.1, 0.15) is 11.7 Å². The van der Waals surface area contributed by atoms with E-state index < -0.39 is 22.6 Å². The van der Waals surface area contributed by atoms with Crippen molar-refractivity contribution in [3.05, 3.63) is 44.3 Å². The van der Waals surface area contributed by atoms with Crippen molar-refractivity contribution in [2.45, 2.75) is 58.2 Å². The molecular formula is C19H21NO7. The molecule has 1 saturated carbocycles. The Morgan fingerprint density at radius 2 is 1.96 bits per heavy atom. The third-order valence-electron chi connectivity index (χ3n) is 4.70. The van der Waals surface area contributed by atoms with E-state index in [0.29, 0.717) is 10.9 Å². The maximum Gasteiger partial charge on any atom is 0.347 e. The summed E-state index contributed by atoms with van der Waals surface area (Å²) in [5.74, 6) is -0.712. The average molecular weight is 375 g/mol. The monoisotopic (exact) mass is 375 g/mol. The molecule has 0 bridgehead atoms. The van der Waals surface area contributed by atoms with Gasteiger partial charge in [-0.05, 0) is 45.1 Å². The van der Waals surface area contributed by atoms with Crippen molar-refractivity contribution < 1.29 is 23.6 Å². The Morgan fingerprint density at radius 1 is 1.26 bits per heavy atom. The summed E-state index contributed by atoms with van der Waals surface area (Å²) in [5, 5.41) is 11.9. The predicted molar refractivity (Wildman–Crippen MR) is 96.9 cm³/mol. The van der Waals surface area contributed by atoms with Gasteiger partial charge in [0.25, 0.3) is 0 Å². The number of rotatable bonds is 5. The lowest BCUT2D eigenvalue weighted by molar-refractivity contribution is -0.385. The molecule has 1 aromatic heterocycles. The standard InChI is InChI=1S/C19H21NO7/c1-11-8-18(21)27-16-10-17(15(20(23)24)9-14(11)16)25-12(2)19(22)26-13-6-4-3-5-7-13/h8-10,12-13H,3-7H2,1-2H3. The Bertz CT molecular complexity index is 928. The van der Waals surface area contributed by atoms with E-state index in [4.69, 9.17) is 13.9 Å². The molecule has 1 aliphatic rings. The zero-order valence-corrected chi connectivity index (χ0v) is 15.2. The number of hydrogen-bond acceptors (Lipinski definition) is 7. The fourth-order valence-corrected chi connectivity index (χ4v) is 3.25. The zero-order chi connectivity index (χ0) is 19.6. The van der Waals surface area contributed by atoms with Gasteiger partial charge in [0.15, 0.2) is 6.10 Å². The van der Waals surface area contributed by atoms with Crippen molar-refractivity contribution in [2.24, 2.45) is 0 Å². The molecule has 0 aliphatic heterocycles. The fourth-order valence-electron chi connectivity index (χ4n) is 3.25. The maximum atomic E-state index is 12.3. The van der Waals surface area contributed by atoms with E-state index in [1.165, 1.54) is 25.1 Å². The molecule has 0 radical (unpaired) electrons. The van der Waals surface area contributed by atoms with E-state index in [9.17, 15) is 19.7 Å². The highest BCUT2D eigenvalue weighted by Crippen LogP contribution is 2.34. The third-order valence-corrected chi connectivity index (χ3v) is 4.70. The Hall–Kier alpha value is -2.90. The number of nitrogens with zero attached hydrogens (tertiary/aromatic N) is 1. The molecule has 8 nitrogen and oxygen atoms in total. The van der Waals surface area contributed by atoms with Crippen LogP contribution in [0.1, 0.15) is 44.6 Å². The highest BCUT2D eigenvalue weighted by molar-refractivity contribution is 5.85. The first-order valence-corrected chi connectivity index (χ1v) is 8.95. The van der Waals surface area contributed by atoms with E-state index in [-0.39, 0.29) is 23.1 Å². The van der Waals surface area contributed by atoms with Gasteiger partial charge in [0.05, 0.1) is 4.92 Å². The van der Waals surface area contributed by atoms with Crippen LogP contribution in [-0.2, 0) is 9.53 Å². The van der Waals surface area contributed by atoms with E-state index in [1.807, 2.05) is 0 Å². The molecule has 1 unspecified atom stereocenters. The van der Waals surface area contributed by atoms with Crippen molar-refractivity contribution in [1.82, 2.24) is 0 Å². The minimum absolute atomic E-state index is 0.135. The van der Waals surface area contributed by atoms with Crippen LogP contribution in [0.2, 0.25) is 0 Å². The Kier molecular flexibility index (Phi) is 5.43. The average Bonchev–Trinajstić information content (AvgIpc) is 2.61. The SMILES string of the molecule is Cc1cc(=O)oc2cc(OC(C)C(=O)OC3CCCCC3)c([N+](=O)[O-])cc12. The minimum Gasteiger partial charge on any atom is -0.472 e. The van der Waals surface area contributed by atoms with Gasteiger partial charge in [-0.15, -0.1) is 0 Å². The molecule has 1 heterocycles. The number of carbonyl (C=O) groups is 1. The molecule has 1 atom stereocenters. The zero-order valence-electron chi connectivity index (χ0n) is 15.2. The smallest absolute Gasteiger partial charge is 0.347 e. The third kappa shape index (κ3) is 4.27. The molecule has 1 aliphatic carbocycles. The first kappa shape index (κ1) is 18.9. The molecule has 144 valence electrons. The number of nitro groups is 1. The molecule has 2 aromatic rings. The van der Waals surface area contributed by atoms with Crippen molar-refractivity contribution in [2.75, 3.05) is 0 Å². The van der Waals surface area contributed by atoms with Gasteiger partial charge in [-0.25, -0.2) is 9.59 Å². The number of benzene rings is 1. The number of carbonyl (C=O) groups excluding carboxylic acids is 1. The Balaban J connectivity index is 1.85. The first-order chi connectivity index (χ1) is 12.8. The van der Waals surface area contributed by atoms with Crippen molar-refractivity contribution in [1.29, 1.82) is 0 Å². The Labute approximate surface area is 155 Å². The van der Waals surface area contributed by atoms with Crippen LogP contribution >= 0.6 is 0 Å². The lowest BCUT2D eigenvalue weighted by atomic mass is 9.98. The lowest BCUT2D eigenvalue weighted by Crippen LogP contribution is -2.31. The van der Waals surface area contributed by atoms with E-state index in [2.05, 4.69) is 0 Å².